The first-order valence-electron chi connectivity index (χ1n) is 31.8. The first-order valence-corrected chi connectivity index (χ1v) is 31.8. The number of para-hydroxylation sites is 8. The summed E-state index contributed by atoms with van der Waals surface area (Å²) in [6.07, 6.45) is 0. The van der Waals surface area contributed by atoms with E-state index < -0.39 is 0 Å². The second kappa shape index (κ2) is 19.7. The van der Waals surface area contributed by atoms with Gasteiger partial charge < -0.3 is 27.4 Å². The summed E-state index contributed by atoms with van der Waals surface area (Å²) < 4.78 is 14.2. The van der Waals surface area contributed by atoms with E-state index in [1.165, 1.54) is 43.1 Å². The van der Waals surface area contributed by atoms with Gasteiger partial charge in [0.15, 0.2) is 0 Å². The fourth-order valence-corrected chi connectivity index (χ4v) is 15.9. The lowest BCUT2D eigenvalue weighted by Gasteiger charge is -2.19. The van der Waals surface area contributed by atoms with E-state index in [2.05, 4.69) is 325 Å². The number of rotatable bonds is 7. The summed E-state index contributed by atoms with van der Waals surface area (Å²) >= 11 is 0. The van der Waals surface area contributed by atoms with Crippen LogP contribution in [0, 0.1) is 22.7 Å². The van der Waals surface area contributed by atoms with E-state index in [1.54, 1.807) is 0 Å². The first kappa shape index (κ1) is 51.7. The van der Waals surface area contributed by atoms with Crippen LogP contribution in [0.5, 0.6) is 0 Å². The van der Waals surface area contributed by atoms with Crippen LogP contribution in [0.2, 0.25) is 0 Å². The maximum atomic E-state index is 12.0. The molecule has 434 valence electrons. The zero-order valence-corrected chi connectivity index (χ0v) is 50.4. The molecule has 14 aromatic carbocycles. The number of nitrogens with zero attached hydrogens (tertiary/aromatic N) is 8. The number of fused-ring (bicyclic) bond motifs is 18. The predicted octanol–water partition coefficient (Wildman–Crippen LogP) is 21.7. The fraction of sp³-hybridized carbons (Fsp3) is 0. The van der Waals surface area contributed by atoms with E-state index in [-0.39, 0.29) is 0 Å². The molecule has 0 saturated heterocycles. The molecule has 0 fully saturated rings. The van der Waals surface area contributed by atoms with Gasteiger partial charge in [-0.05, 0) is 151 Å². The van der Waals surface area contributed by atoms with E-state index in [0.717, 1.165) is 133 Å². The third-order valence-electron chi connectivity index (χ3n) is 19.8. The van der Waals surface area contributed by atoms with Crippen molar-refractivity contribution >= 4 is 131 Å². The molecule has 20 rings (SSSR count). The molecule has 6 aromatic heterocycles. The maximum absolute atomic E-state index is 12.0. The van der Waals surface area contributed by atoms with E-state index >= 15 is 0 Å². The average Bonchev–Trinajstić information content (AvgIpc) is 1.55. The molecule has 0 amide bonds. The normalized spacial score (nSPS) is 12.0. The van der Waals surface area contributed by atoms with Gasteiger partial charge in [0.2, 0.25) is 0 Å². The Hall–Kier alpha value is -13.1. The van der Waals surface area contributed by atoms with E-state index in [0.29, 0.717) is 11.1 Å². The fourth-order valence-electron chi connectivity index (χ4n) is 15.9. The van der Waals surface area contributed by atoms with Crippen molar-refractivity contribution in [3.63, 3.8) is 0 Å². The van der Waals surface area contributed by atoms with Crippen molar-refractivity contribution in [2.45, 2.75) is 0 Å². The minimum absolute atomic E-state index is 0.491. The molecule has 0 spiro atoms. The van der Waals surface area contributed by atoms with Crippen LogP contribution in [0.3, 0.4) is 0 Å². The summed E-state index contributed by atoms with van der Waals surface area (Å²) in [7, 11) is 0. The molecule has 8 nitrogen and oxygen atoms in total. The predicted molar refractivity (Wildman–Crippen MR) is 387 cm³/mol. The van der Waals surface area contributed by atoms with Gasteiger partial charge in [0.1, 0.15) is 6.07 Å². The Labute approximate surface area is 537 Å². The largest absolute Gasteiger partial charge is 0.309 e. The van der Waals surface area contributed by atoms with Crippen LogP contribution in [-0.2, 0) is 0 Å². The molecule has 94 heavy (non-hydrogen) atoms. The average molecular weight is 1200 g/mol. The van der Waals surface area contributed by atoms with Crippen molar-refractivity contribution in [2.75, 3.05) is 0 Å². The summed E-state index contributed by atoms with van der Waals surface area (Å²) in [6, 6.07) is 114. The molecule has 0 aliphatic carbocycles. The van der Waals surface area contributed by atoms with Gasteiger partial charge in [-0.3, -0.25) is 0 Å². The van der Waals surface area contributed by atoms with Crippen LogP contribution in [0.15, 0.2) is 303 Å². The molecular weight excluding hydrogens is 1150 g/mol. The Balaban J connectivity index is 0.873. The van der Waals surface area contributed by atoms with Crippen molar-refractivity contribution in [3.8, 4) is 57.4 Å². The zero-order chi connectivity index (χ0) is 61.9. The van der Waals surface area contributed by atoms with Gasteiger partial charge in [0, 0.05) is 92.9 Å². The molecule has 20 aromatic rings. The van der Waals surface area contributed by atoms with Crippen LogP contribution >= 0.6 is 0 Å². The van der Waals surface area contributed by atoms with Gasteiger partial charge in [-0.2, -0.15) is 10.5 Å². The molecule has 6 heterocycles. The topological polar surface area (TPSA) is 77.2 Å². The Kier molecular flexibility index (Phi) is 10.8. The molecule has 0 radical (unpaired) electrons. The highest BCUT2D eigenvalue weighted by molar-refractivity contribution is 6.17. The molecule has 0 saturated carbocycles. The van der Waals surface area contributed by atoms with Crippen LogP contribution in [0.25, 0.3) is 176 Å². The van der Waals surface area contributed by atoms with Gasteiger partial charge in [-0.15, -0.1) is 0 Å². The number of benzene rings is 14. The van der Waals surface area contributed by atoms with Crippen molar-refractivity contribution < 1.29 is 0 Å². The summed E-state index contributed by atoms with van der Waals surface area (Å²) in [4.78, 5) is 0. The monoisotopic (exact) mass is 1190 g/mol. The molecule has 0 unspecified atom stereocenters. The molecule has 0 aliphatic rings. The van der Waals surface area contributed by atoms with E-state index in [4.69, 9.17) is 0 Å². The van der Waals surface area contributed by atoms with Gasteiger partial charge in [-0.25, -0.2) is 0 Å². The Morgan fingerprint density at radius 3 is 0.766 bits per heavy atom. The van der Waals surface area contributed by atoms with Gasteiger partial charge in [0.25, 0.3) is 0 Å². The van der Waals surface area contributed by atoms with Crippen molar-refractivity contribution in [2.24, 2.45) is 0 Å². The standard InChI is InChI=1S/C86H50N8/c87-51-53-18-17-19-54(44-53)68-50-85(93-81-40-36-56(89-73-28-9-1-20-60(73)61-21-2-10-29-74(61)89)46-69(81)70-47-57(37-41-82(70)93)90-75-30-11-3-22-62(75)63-23-4-12-31-76(63)90)55(52-88)45-86(68)94-83-42-38-58(91-77-32-13-5-24-64(77)65-25-6-14-33-78(65)91)48-71(83)72-49-59(39-43-84(72)94)92-79-34-15-7-26-66(79)67-27-8-16-35-80(67)92/h1-50H. The highest BCUT2D eigenvalue weighted by Gasteiger charge is 2.26. The number of aromatic nitrogens is 6. The second-order valence-corrected chi connectivity index (χ2v) is 24.6. The van der Waals surface area contributed by atoms with Crippen LogP contribution in [-0.4, -0.2) is 27.4 Å². The maximum Gasteiger partial charge on any atom is 0.101 e. The summed E-state index contributed by atoms with van der Waals surface area (Å²) in [5.41, 5.74) is 21.3. The molecular formula is C86H50N8. The lowest BCUT2D eigenvalue weighted by Crippen LogP contribution is -2.04. The molecule has 0 atom stereocenters. The van der Waals surface area contributed by atoms with Crippen molar-refractivity contribution in [1.82, 2.24) is 27.4 Å². The summed E-state index contributed by atoms with van der Waals surface area (Å²) in [5, 5.41) is 36.4. The smallest absolute Gasteiger partial charge is 0.101 e. The lowest BCUT2D eigenvalue weighted by molar-refractivity contribution is 1.13. The van der Waals surface area contributed by atoms with Gasteiger partial charge in [0.05, 0.1) is 94.8 Å². The van der Waals surface area contributed by atoms with Crippen LogP contribution in [0.1, 0.15) is 11.1 Å². The third-order valence-corrected chi connectivity index (χ3v) is 19.8. The second-order valence-electron chi connectivity index (χ2n) is 24.6. The summed E-state index contributed by atoms with van der Waals surface area (Å²) in [6.45, 7) is 0. The Morgan fingerprint density at radius 2 is 0.479 bits per heavy atom. The van der Waals surface area contributed by atoms with Gasteiger partial charge in [-0.1, -0.05) is 158 Å². The van der Waals surface area contributed by atoms with Crippen molar-refractivity contribution in [1.29, 1.82) is 10.5 Å². The number of hydrogen-bond acceptors (Lipinski definition) is 2. The first-order chi connectivity index (χ1) is 46.6. The van der Waals surface area contributed by atoms with Crippen LogP contribution in [0.4, 0.5) is 0 Å². The molecule has 0 bridgehead atoms. The zero-order valence-electron chi connectivity index (χ0n) is 50.4. The molecule has 8 heteroatoms. The Morgan fingerprint density at radius 1 is 0.202 bits per heavy atom. The number of nitriles is 2. The minimum Gasteiger partial charge on any atom is -0.309 e. The van der Waals surface area contributed by atoms with E-state index in [9.17, 15) is 10.5 Å². The number of hydrogen-bond donors (Lipinski definition) is 0. The third kappa shape index (κ3) is 7.25. The molecule has 0 aliphatic heterocycles. The van der Waals surface area contributed by atoms with Crippen LogP contribution < -0.4 is 0 Å². The van der Waals surface area contributed by atoms with Gasteiger partial charge >= 0.3 is 0 Å². The molecule has 0 N–H and O–H groups in total. The van der Waals surface area contributed by atoms with E-state index in [1.807, 2.05) is 18.2 Å². The lowest BCUT2D eigenvalue weighted by atomic mass is 9.98. The van der Waals surface area contributed by atoms with Crippen molar-refractivity contribution in [3.05, 3.63) is 314 Å². The highest BCUT2D eigenvalue weighted by Crippen LogP contribution is 2.46. The minimum atomic E-state index is 0.491. The highest BCUT2D eigenvalue weighted by atomic mass is 15.0. The summed E-state index contributed by atoms with van der Waals surface area (Å²) in [5.74, 6) is 0. The SMILES string of the molecule is N#Cc1cccc(-c2cc(-n3c4ccc(-n5c6ccccc6c6ccccc65)cc4c4cc(-n5c6ccccc6c6ccccc65)ccc43)c(C#N)cc2-n2c3ccc(-n4c5ccccc5c5ccccc54)cc3c3cc(-n4c5ccccc5c5ccccc54)ccc32)c1. The quantitative estimate of drug-likeness (QED) is 0.159. The Bertz CT molecular complexity index is 6220.